The van der Waals surface area contributed by atoms with Gasteiger partial charge < -0.3 is 24.3 Å². The number of esters is 2. The van der Waals surface area contributed by atoms with Gasteiger partial charge in [0.25, 0.3) is 5.69 Å². The summed E-state index contributed by atoms with van der Waals surface area (Å²) in [4.78, 5) is 38.3. The Kier molecular flexibility index (Phi) is 12.4. The van der Waals surface area contributed by atoms with Crippen LogP contribution in [-0.2, 0) is 35.0 Å². The third kappa shape index (κ3) is 8.93. The van der Waals surface area contributed by atoms with Crippen molar-refractivity contribution in [1.82, 2.24) is 5.32 Å². The highest BCUT2D eigenvalue weighted by Gasteiger charge is 2.38. The molecule has 44 heavy (non-hydrogen) atoms. The van der Waals surface area contributed by atoms with Crippen LogP contribution in [0.5, 0.6) is 0 Å². The molecule has 0 amide bonds. The second-order valence-corrected chi connectivity index (χ2v) is 11.9. The van der Waals surface area contributed by atoms with Gasteiger partial charge in [-0.1, -0.05) is 24.3 Å². The summed E-state index contributed by atoms with van der Waals surface area (Å²) in [5, 5.41) is 14.5. The van der Waals surface area contributed by atoms with Gasteiger partial charge in [0.05, 0.1) is 42.3 Å². The van der Waals surface area contributed by atoms with Crippen molar-refractivity contribution < 1.29 is 33.5 Å². The molecule has 2 unspecified atom stereocenters. The van der Waals surface area contributed by atoms with E-state index in [2.05, 4.69) is 29.6 Å². The first-order valence-corrected chi connectivity index (χ1v) is 15.9. The van der Waals surface area contributed by atoms with E-state index >= 15 is 0 Å². The zero-order valence-corrected chi connectivity index (χ0v) is 26.3. The van der Waals surface area contributed by atoms with Crippen LogP contribution in [0, 0.1) is 10.1 Å². The van der Waals surface area contributed by atoms with Gasteiger partial charge >= 0.3 is 11.9 Å². The topological polar surface area (TPSA) is 126 Å². The van der Waals surface area contributed by atoms with E-state index in [1.54, 1.807) is 31.7 Å². The van der Waals surface area contributed by atoms with Gasteiger partial charge in [-0.3, -0.25) is 10.1 Å². The maximum atomic E-state index is 13.4. The number of hydrogen-bond donors (Lipinski definition) is 1. The summed E-state index contributed by atoms with van der Waals surface area (Å²) in [6.45, 7) is 5.09. The Morgan fingerprint density at radius 3 is 2.45 bits per heavy atom. The Balaban J connectivity index is 1.28. The number of nitro groups is 1. The second kappa shape index (κ2) is 16.4. The molecule has 0 saturated carbocycles. The number of nitrogens with one attached hydrogen (secondary N) is 1. The minimum atomic E-state index is -0.879. The van der Waals surface area contributed by atoms with Gasteiger partial charge in [0.15, 0.2) is 6.29 Å². The summed E-state index contributed by atoms with van der Waals surface area (Å²) in [5.74, 6) is -1.35. The number of thioether (sulfide) groups is 1. The first-order chi connectivity index (χ1) is 21.3. The lowest BCUT2D eigenvalue weighted by atomic mass is 9.80. The number of dihydropyridines is 1. The van der Waals surface area contributed by atoms with Gasteiger partial charge in [-0.25, -0.2) is 9.59 Å². The monoisotopic (exact) mass is 624 g/mol. The molecule has 2 aromatic rings. The van der Waals surface area contributed by atoms with E-state index in [0.29, 0.717) is 30.0 Å². The van der Waals surface area contributed by atoms with Crippen molar-refractivity contribution in [3.8, 4) is 0 Å². The summed E-state index contributed by atoms with van der Waals surface area (Å²) in [6, 6.07) is 14.4. The smallest absolute Gasteiger partial charge is 0.336 e. The highest BCUT2D eigenvalue weighted by molar-refractivity contribution is 7.99. The Labute approximate surface area is 262 Å². The molecule has 1 N–H and O–H groups in total. The zero-order chi connectivity index (χ0) is 31.5. The second-order valence-electron chi connectivity index (χ2n) is 10.7. The average molecular weight is 625 g/mol. The summed E-state index contributed by atoms with van der Waals surface area (Å²) < 4.78 is 22.1. The van der Waals surface area contributed by atoms with Gasteiger partial charge in [0.1, 0.15) is 0 Å². The molecule has 2 aliphatic rings. The van der Waals surface area contributed by atoms with Crippen molar-refractivity contribution in [3.05, 3.63) is 92.3 Å². The maximum absolute atomic E-state index is 13.4. The summed E-state index contributed by atoms with van der Waals surface area (Å²) in [7, 11) is 1.26. The Morgan fingerprint density at radius 1 is 1.02 bits per heavy atom. The number of ether oxygens (including phenoxy) is 4. The van der Waals surface area contributed by atoms with E-state index in [4.69, 9.17) is 18.9 Å². The fraction of sp³-hybridized carbons (Fsp3) is 0.455. The highest BCUT2D eigenvalue weighted by atomic mass is 32.2. The number of nitrogens with zero attached hydrogens (tertiary/aromatic N) is 1. The highest BCUT2D eigenvalue weighted by Crippen LogP contribution is 2.40. The number of carbonyl (C=O) groups is 2. The van der Waals surface area contributed by atoms with E-state index in [-0.39, 0.29) is 29.7 Å². The molecule has 2 aromatic carbocycles. The predicted octanol–water partition coefficient (Wildman–Crippen LogP) is 6.20. The molecule has 0 aliphatic carbocycles. The molecule has 4 rings (SSSR count). The van der Waals surface area contributed by atoms with E-state index in [1.807, 2.05) is 0 Å². The van der Waals surface area contributed by atoms with Crippen LogP contribution in [-0.4, -0.2) is 55.8 Å². The fourth-order valence-corrected chi connectivity index (χ4v) is 6.20. The van der Waals surface area contributed by atoms with Crippen LogP contribution in [0.15, 0.2) is 76.0 Å². The third-order valence-corrected chi connectivity index (χ3v) is 8.66. The molecular weight excluding hydrogens is 584 g/mol. The molecule has 2 atom stereocenters. The van der Waals surface area contributed by atoms with Crippen molar-refractivity contribution >= 4 is 29.4 Å². The number of hydrogen-bond acceptors (Lipinski definition) is 10. The molecular formula is C33H40N2O8S. The molecule has 1 saturated heterocycles. The molecule has 0 radical (unpaired) electrons. The molecule has 11 heteroatoms. The van der Waals surface area contributed by atoms with E-state index < -0.39 is 22.8 Å². The summed E-state index contributed by atoms with van der Waals surface area (Å²) in [5.41, 5.74) is 2.99. The first-order valence-electron chi connectivity index (χ1n) is 14.9. The van der Waals surface area contributed by atoms with Crippen LogP contribution >= 0.6 is 11.8 Å². The lowest BCUT2D eigenvalue weighted by Gasteiger charge is -2.30. The number of allylic oxidation sites excluding steroid dienone is 2. The molecule has 0 aromatic heterocycles. The number of carbonyl (C=O) groups excluding carboxylic acids is 2. The quantitative estimate of drug-likeness (QED) is 0.0853. The van der Waals surface area contributed by atoms with Gasteiger partial charge in [-0.05, 0) is 75.6 Å². The lowest BCUT2D eigenvalue weighted by Crippen LogP contribution is -2.32. The lowest BCUT2D eigenvalue weighted by molar-refractivity contribution is -0.384. The molecule has 1 fully saturated rings. The third-order valence-electron chi connectivity index (χ3n) is 7.57. The number of methoxy groups -OCH3 is 1. The largest absolute Gasteiger partial charge is 0.466 e. The molecule has 2 heterocycles. The molecule has 236 valence electrons. The molecule has 0 spiro atoms. The summed E-state index contributed by atoms with van der Waals surface area (Å²) >= 11 is 1.68. The number of benzene rings is 2. The van der Waals surface area contributed by atoms with Crippen molar-refractivity contribution in [1.29, 1.82) is 0 Å². The normalized spacial score (nSPS) is 18.5. The van der Waals surface area contributed by atoms with Crippen molar-refractivity contribution in [2.24, 2.45) is 0 Å². The first kappa shape index (κ1) is 33.2. The van der Waals surface area contributed by atoms with Crippen molar-refractivity contribution in [2.45, 2.75) is 69.5 Å². The van der Waals surface area contributed by atoms with Crippen LogP contribution in [0.1, 0.15) is 63.0 Å². The van der Waals surface area contributed by atoms with Gasteiger partial charge in [-0.2, -0.15) is 0 Å². The van der Waals surface area contributed by atoms with Crippen LogP contribution in [0.2, 0.25) is 0 Å². The van der Waals surface area contributed by atoms with Gasteiger partial charge in [0, 0.05) is 40.8 Å². The van der Waals surface area contributed by atoms with Gasteiger partial charge in [-0.15, -0.1) is 11.8 Å². The Bertz CT molecular complexity index is 1380. The SMILES string of the molecule is COC(=O)C1=C(C)NC(C)=C(C(=O)OCCCSc2ccc(CCCOC3CCCCO3)cc2)C1c1cccc([N+](=O)[O-])c1. The van der Waals surface area contributed by atoms with E-state index in [9.17, 15) is 19.7 Å². The van der Waals surface area contributed by atoms with Crippen molar-refractivity contribution in [3.63, 3.8) is 0 Å². The number of aryl methyl sites for hydroxylation is 1. The molecule has 0 bridgehead atoms. The van der Waals surface area contributed by atoms with E-state index in [1.165, 1.54) is 37.3 Å². The van der Waals surface area contributed by atoms with Crippen LogP contribution in [0.4, 0.5) is 5.69 Å². The maximum Gasteiger partial charge on any atom is 0.336 e. The van der Waals surface area contributed by atoms with Crippen LogP contribution < -0.4 is 5.32 Å². The van der Waals surface area contributed by atoms with E-state index in [0.717, 1.165) is 42.9 Å². The minimum Gasteiger partial charge on any atom is -0.466 e. The van der Waals surface area contributed by atoms with Gasteiger partial charge in [0.2, 0.25) is 0 Å². The minimum absolute atomic E-state index is 0.0467. The molecule has 2 aliphatic heterocycles. The zero-order valence-electron chi connectivity index (χ0n) is 25.5. The standard InChI is InChI=1S/C33H40N2O8S/c1-22-29(32(36)40-3)31(25-10-6-11-26(21-25)35(38)39)30(23(2)34-22)33(37)43-19-8-20-44-27-15-13-24(14-16-27)9-7-18-42-28-12-4-5-17-41-28/h6,10-11,13-16,21,28,31,34H,4-5,7-9,12,17-20H2,1-3H3. The molecule has 10 nitrogen and oxygen atoms in total. The number of non-ortho nitro benzene ring substituents is 1. The Hall–Kier alpha value is -3.67. The van der Waals surface area contributed by atoms with Crippen LogP contribution in [0.3, 0.4) is 0 Å². The fourth-order valence-electron chi connectivity index (χ4n) is 5.37. The van der Waals surface area contributed by atoms with Crippen molar-refractivity contribution in [2.75, 3.05) is 32.7 Å². The van der Waals surface area contributed by atoms with Crippen LogP contribution in [0.25, 0.3) is 0 Å². The predicted molar refractivity (Wildman–Crippen MR) is 167 cm³/mol. The summed E-state index contributed by atoms with van der Waals surface area (Å²) in [6.07, 6.45) is 5.73. The Morgan fingerprint density at radius 2 is 1.77 bits per heavy atom. The number of rotatable bonds is 14. The average Bonchev–Trinajstić information content (AvgIpc) is 3.03. The number of nitro benzene ring substituents is 1.